The van der Waals surface area contributed by atoms with Crippen LogP contribution in [0.1, 0.15) is 5.56 Å². The maximum absolute atomic E-state index is 11.9. The number of hydrogen-bond donors (Lipinski definition) is 1. The van der Waals surface area contributed by atoms with Crippen LogP contribution in [0.3, 0.4) is 0 Å². The van der Waals surface area contributed by atoms with Crippen LogP contribution in [0.4, 0.5) is 5.69 Å². The number of ether oxygens (including phenoxy) is 3. The highest BCUT2D eigenvalue weighted by molar-refractivity contribution is 6.30. The van der Waals surface area contributed by atoms with Crippen molar-refractivity contribution in [3.8, 4) is 23.1 Å². The number of pyridine rings is 1. The Labute approximate surface area is 187 Å². The number of benzene rings is 2. The largest absolute Gasteiger partial charge is 0.493 e. The number of aromatic nitrogens is 1. The Morgan fingerprint density at radius 3 is 2.62 bits per heavy atom. The summed E-state index contributed by atoms with van der Waals surface area (Å²) in [6, 6.07) is 14.2. The molecule has 0 unspecified atom stereocenters. The van der Waals surface area contributed by atoms with E-state index >= 15 is 0 Å². The first-order valence-corrected chi connectivity index (χ1v) is 9.49. The lowest BCUT2D eigenvalue weighted by atomic mass is 10.2. The zero-order chi connectivity index (χ0) is 22.9. The summed E-state index contributed by atoms with van der Waals surface area (Å²) < 4.78 is 16.3. The summed E-state index contributed by atoms with van der Waals surface area (Å²) in [4.78, 5) is 25.9. The van der Waals surface area contributed by atoms with Gasteiger partial charge in [-0.05, 0) is 48.0 Å². The van der Waals surface area contributed by atoms with Gasteiger partial charge >= 0.3 is 0 Å². The molecule has 1 heterocycles. The smallest absolute Gasteiger partial charge is 0.287 e. The molecule has 0 aliphatic carbocycles. The highest BCUT2D eigenvalue weighted by Gasteiger charge is 2.10. The van der Waals surface area contributed by atoms with Gasteiger partial charge in [-0.1, -0.05) is 11.6 Å². The molecule has 0 fully saturated rings. The van der Waals surface area contributed by atoms with Crippen molar-refractivity contribution in [2.45, 2.75) is 0 Å². The third-order valence-corrected chi connectivity index (χ3v) is 4.17. The van der Waals surface area contributed by atoms with Crippen LogP contribution in [0.15, 0.2) is 65.9 Å². The number of nitro groups is 1. The van der Waals surface area contributed by atoms with Crippen molar-refractivity contribution in [3.05, 3.63) is 81.5 Å². The number of amides is 1. The molecular formula is C21H17ClN4O6. The molecule has 164 valence electrons. The zero-order valence-electron chi connectivity index (χ0n) is 16.7. The SMILES string of the molecule is COc1cc(C=NNC(=O)COc2ccc(Cl)cc2)ccc1Oc1ccc([N+](=O)[O-])cn1. The fourth-order valence-corrected chi connectivity index (χ4v) is 2.52. The van der Waals surface area contributed by atoms with Crippen LogP contribution >= 0.6 is 11.6 Å². The predicted molar refractivity (Wildman–Crippen MR) is 117 cm³/mol. The zero-order valence-corrected chi connectivity index (χ0v) is 17.5. The number of hydrazone groups is 1. The molecule has 0 saturated heterocycles. The highest BCUT2D eigenvalue weighted by Crippen LogP contribution is 2.31. The molecule has 0 atom stereocenters. The highest BCUT2D eigenvalue weighted by atomic mass is 35.5. The first-order chi connectivity index (χ1) is 15.4. The topological polar surface area (TPSA) is 125 Å². The Bertz CT molecular complexity index is 1120. The maximum atomic E-state index is 11.9. The molecule has 0 radical (unpaired) electrons. The van der Waals surface area contributed by atoms with Gasteiger partial charge in [0.2, 0.25) is 5.88 Å². The molecule has 1 N–H and O–H groups in total. The predicted octanol–water partition coefficient (Wildman–Crippen LogP) is 3.97. The van der Waals surface area contributed by atoms with Crippen LogP contribution in [0.5, 0.6) is 23.1 Å². The molecule has 3 aromatic rings. The lowest BCUT2D eigenvalue weighted by Gasteiger charge is -2.10. The Hall–Kier alpha value is -4.18. The van der Waals surface area contributed by atoms with Gasteiger partial charge in [-0.25, -0.2) is 10.4 Å². The normalized spacial score (nSPS) is 10.6. The van der Waals surface area contributed by atoms with Gasteiger partial charge in [0, 0.05) is 17.2 Å². The molecule has 0 bridgehead atoms. The Morgan fingerprint density at radius 1 is 1.19 bits per heavy atom. The summed E-state index contributed by atoms with van der Waals surface area (Å²) in [6.07, 6.45) is 2.53. The average molecular weight is 457 g/mol. The van der Waals surface area contributed by atoms with Gasteiger partial charge in [0.1, 0.15) is 11.9 Å². The summed E-state index contributed by atoms with van der Waals surface area (Å²) in [5.74, 6) is 0.977. The van der Waals surface area contributed by atoms with E-state index in [2.05, 4.69) is 15.5 Å². The third kappa shape index (κ3) is 6.41. The van der Waals surface area contributed by atoms with Crippen molar-refractivity contribution in [2.75, 3.05) is 13.7 Å². The lowest BCUT2D eigenvalue weighted by molar-refractivity contribution is -0.385. The van der Waals surface area contributed by atoms with Crippen molar-refractivity contribution in [3.63, 3.8) is 0 Å². The van der Waals surface area contributed by atoms with E-state index in [-0.39, 0.29) is 18.2 Å². The molecular weight excluding hydrogens is 440 g/mol. The average Bonchev–Trinajstić information content (AvgIpc) is 2.80. The molecule has 0 aliphatic heterocycles. The van der Waals surface area contributed by atoms with Gasteiger partial charge in [0.25, 0.3) is 11.6 Å². The minimum absolute atomic E-state index is 0.142. The Morgan fingerprint density at radius 2 is 1.97 bits per heavy atom. The number of carbonyl (C=O) groups is 1. The number of nitrogens with zero attached hydrogens (tertiary/aromatic N) is 3. The lowest BCUT2D eigenvalue weighted by Crippen LogP contribution is -2.24. The van der Waals surface area contributed by atoms with Gasteiger partial charge in [-0.3, -0.25) is 14.9 Å². The minimum atomic E-state index is -0.548. The van der Waals surface area contributed by atoms with Gasteiger partial charge in [0.15, 0.2) is 18.1 Å². The Balaban J connectivity index is 1.56. The molecule has 10 nitrogen and oxygen atoms in total. The fourth-order valence-electron chi connectivity index (χ4n) is 2.39. The van der Waals surface area contributed by atoms with Gasteiger partial charge in [0.05, 0.1) is 18.2 Å². The van der Waals surface area contributed by atoms with Crippen molar-refractivity contribution in [1.82, 2.24) is 10.4 Å². The van der Waals surface area contributed by atoms with Crippen LogP contribution in [0.2, 0.25) is 5.02 Å². The van der Waals surface area contributed by atoms with E-state index in [1.807, 2.05) is 0 Å². The number of carbonyl (C=O) groups excluding carboxylic acids is 1. The number of rotatable bonds is 9. The molecule has 0 aliphatic rings. The Kier molecular flexibility index (Phi) is 7.55. The van der Waals surface area contributed by atoms with Crippen LogP contribution in [-0.4, -0.2) is 35.7 Å². The summed E-state index contributed by atoms with van der Waals surface area (Å²) in [5.41, 5.74) is 2.85. The number of halogens is 1. The van der Waals surface area contributed by atoms with E-state index in [0.717, 1.165) is 6.20 Å². The molecule has 11 heteroatoms. The van der Waals surface area contributed by atoms with Crippen molar-refractivity contribution < 1.29 is 23.9 Å². The second kappa shape index (κ2) is 10.7. The van der Waals surface area contributed by atoms with Gasteiger partial charge in [-0.15, -0.1) is 0 Å². The number of nitrogens with one attached hydrogen (secondary N) is 1. The summed E-state index contributed by atoms with van der Waals surface area (Å²) in [5, 5.41) is 15.2. The van der Waals surface area contributed by atoms with E-state index in [9.17, 15) is 14.9 Å². The maximum Gasteiger partial charge on any atom is 0.287 e. The molecule has 1 aromatic heterocycles. The molecule has 2 aromatic carbocycles. The van der Waals surface area contributed by atoms with E-state index in [4.69, 9.17) is 25.8 Å². The molecule has 0 spiro atoms. The van der Waals surface area contributed by atoms with Crippen LogP contribution in [0, 0.1) is 10.1 Å². The third-order valence-electron chi connectivity index (χ3n) is 3.92. The molecule has 1 amide bonds. The second-order valence-electron chi connectivity index (χ2n) is 6.16. The molecule has 0 saturated carbocycles. The second-order valence-corrected chi connectivity index (χ2v) is 6.60. The number of hydrogen-bond acceptors (Lipinski definition) is 8. The summed E-state index contributed by atoms with van der Waals surface area (Å²) in [6.45, 7) is -0.211. The van der Waals surface area contributed by atoms with E-state index < -0.39 is 10.8 Å². The van der Waals surface area contributed by atoms with Crippen LogP contribution < -0.4 is 19.6 Å². The fraction of sp³-hybridized carbons (Fsp3) is 0.0952. The molecule has 3 rings (SSSR count). The quantitative estimate of drug-likeness (QED) is 0.293. The van der Waals surface area contributed by atoms with E-state index in [0.29, 0.717) is 27.8 Å². The molecule has 32 heavy (non-hydrogen) atoms. The summed E-state index contributed by atoms with van der Waals surface area (Å²) >= 11 is 5.79. The van der Waals surface area contributed by atoms with Gasteiger partial charge < -0.3 is 14.2 Å². The van der Waals surface area contributed by atoms with Crippen molar-refractivity contribution >= 4 is 29.4 Å². The van der Waals surface area contributed by atoms with E-state index in [1.165, 1.54) is 25.5 Å². The minimum Gasteiger partial charge on any atom is -0.493 e. The summed E-state index contributed by atoms with van der Waals surface area (Å²) in [7, 11) is 1.46. The standard InChI is InChI=1S/C21H17ClN4O6/c1-30-19-10-14(2-8-18(19)32-21-9-5-16(12-23-21)26(28)29)11-24-25-20(27)13-31-17-6-3-15(22)4-7-17/h2-12H,13H2,1H3,(H,25,27). The van der Waals surface area contributed by atoms with E-state index in [1.54, 1.807) is 42.5 Å². The van der Waals surface area contributed by atoms with Crippen molar-refractivity contribution in [2.24, 2.45) is 5.10 Å². The first-order valence-electron chi connectivity index (χ1n) is 9.11. The first kappa shape index (κ1) is 22.5. The van der Waals surface area contributed by atoms with Crippen LogP contribution in [0.25, 0.3) is 0 Å². The number of methoxy groups -OCH3 is 1. The van der Waals surface area contributed by atoms with Crippen molar-refractivity contribution in [1.29, 1.82) is 0 Å². The monoisotopic (exact) mass is 456 g/mol. The van der Waals surface area contributed by atoms with Crippen LogP contribution in [-0.2, 0) is 4.79 Å². The van der Waals surface area contributed by atoms with Gasteiger partial charge in [-0.2, -0.15) is 5.10 Å².